The van der Waals surface area contributed by atoms with Gasteiger partial charge in [0.05, 0.1) is 0 Å². The maximum absolute atomic E-state index is 9.54. The Morgan fingerprint density at radius 3 is 1.67 bits per heavy atom. The van der Waals surface area contributed by atoms with Gasteiger partial charge in [-0.1, -0.05) is 111 Å². The number of rotatable bonds is 8. The molecule has 0 aliphatic carbocycles. The lowest BCUT2D eigenvalue weighted by Crippen LogP contribution is -2.20. The molecule has 0 amide bonds. The third kappa shape index (κ3) is 5.20. The van der Waals surface area contributed by atoms with Gasteiger partial charge < -0.3 is 10.5 Å². The Bertz CT molecular complexity index is 893. The Morgan fingerprint density at radius 2 is 1.20 bits per heavy atom. The molecule has 0 aliphatic rings. The van der Waals surface area contributed by atoms with Crippen molar-refractivity contribution in [3.8, 4) is 0 Å². The van der Waals surface area contributed by atoms with Gasteiger partial charge >= 0.3 is 0 Å². The third-order valence-corrected chi connectivity index (χ3v) is 13.5. The van der Waals surface area contributed by atoms with Crippen molar-refractivity contribution in [3.63, 3.8) is 0 Å². The first kappa shape index (κ1) is 25.2. The van der Waals surface area contributed by atoms with Crippen LogP contribution in [0.5, 0.6) is 0 Å². The molecule has 0 fully saturated rings. The first-order valence-electron chi connectivity index (χ1n) is 11.2. The van der Waals surface area contributed by atoms with Gasteiger partial charge in [-0.15, -0.1) is 11.4 Å². The molecule has 0 saturated carbocycles. The molecule has 0 heterocycles. The average Bonchev–Trinajstić information content (AvgIpc) is 2.63. The minimum absolute atomic E-state index is 0.307. The van der Waals surface area contributed by atoms with Gasteiger partial charge in [0.15, 0.2) is 0 Å². The van der Waals surface area contributed by atoms with Gasteiger partial charge in [-0.2, -0.15) is 0 Å². The highest BCUT2D eigenvalue weighted by Gasteiger charge is 2.28. The van der Waals surface area contributed by atoms with Gasteiger partial charge in [0.2, 0.25) is 0 Å². The van der Waals surface area contributed by atoms with Crippen LogP contribution in [0.3, 0.4) is 0 Å². The van der Waals surface area contributed by atoms with Crippen LogP contribution in [0.2, 0.25) is 0 Å². The second-order valence-corrected chi connectivity index (χ2v) is 17.1. The van der Waals surface area contributed by atoms with Crippen molar-refractivity contribution in [2.75, 3.05) is 0 Å². The fourth-order valence-corrected chi connectivity index (χ4v) is 10.7. The smallest absolute Gasteiger partial charge is 0.0000341 e. The molecular weight excluding hydrogens is 402 g/mol. The van der Waals surface area contributed by atoms with Crippen molar-refractivity contribution in [3.05, 3.63) is 52.8 Å². The summed E-state index contributed by atoms with van der Waals surface area (Å²) < 4.78 is 0. The van der Waals surface area contributed by atoms with Crippen LogP contribution in [-0.2, 0) is 0 Å². The number of hydrogen-bond acceptors (Lipinski definition) is 1. The summed E-state index contributed by atoms with van der Waals surface area (Å²) in [5.74, 6) is 0. The molecule has 166 valence electrons. The second kappa shape index (κ2) is 10.0. The molecule has 1 N–H and O–H groups in total. The van der Waals surface area contributed by atoms with Crippen molar-refractivity contribution in [2.45, 2.75) is 91.9 Å². The lowest BCUT2D eigenvalue weighted by atomic mass is 10.2. The zero-order valence-corrected chi connectivity index (χ0v) is 22.4. The summed E-state index contributed by atoms with van der Waals surface area (Å²) in [4.78, 5) is 0. The molecule has 0 unspecified atom stereocenters. The summed E-state index contributed by atoms with van der Waals surface area (Å²) in [7, 11) is -2.40. The predicted octanol–water partition coefficient (Wildman–Crippen LogP) is 8.79. The molecule has 4 heteroatoms. The number of nitrogens with one attached hydrogen (secondary N) is 1. The van der Waals surface area contributed by atoms with Crippen molar-refractivity contribution >= 4 is 37.0 Å². The molecule has 0 saturated heterocycles. The van der Waals surface area contributed by atoms with E-state index in [-0.39, 0.29) is 7.92 Å². The molecule has 2 aromatic carbocycles. The van der Waals surface area contributed by atoms with E-state index in [1.807, 2.05) is 0 Å². The van der Waals surface area contributed by atoms with Crippen LogP contribution >= 0.6 is 15.0 Å². The summed E-state index contributed by atoms with van der Waals surface area (Å²) in [6.45, 7) is 22.5. The number of benzene rings is 2. The van der Waals surface area contributed by atoms with E-state index in [0.29, 0.717) is 22.6 Å². The van der Waals surface area contributed by atoms with Gasteiger partial charge in [-0.25, -0.2) is 0 Å². The van der Waals surface area contributed by atoms with E-state index in [4.69, 9.17) is 5.32 Å². The minimum Gasteiger partial charge on any atom is -0.657 e. The van der Waals surface area contributed by atoms with E-state index in [9.17, 15) is 5.16 Å². The second-order valence-electron chi connectivity index (χ2n) is 9.66. The zero-order chi connectivity index (χ0) is 22.8. The van der Waals surface area contributed by atoms with E-state index < -0.39 is 7.05 Å². The van der Waals surface area contributed by atoms with Crippen molar-refractivity contribution in [1.29, 1.82) is 5.16 Å². The van der Waals surface area contributed by atoms with Crippen molar-refractivity contribution < 1.29 is 0 Å². The van der Waals surface area contributed by atoms with Gasteiger partial charge in [-0.05, 0) is 47.1 Å². The molecule has 30 heavy (non-hydrogen) atoms. The SMILES string of the molecule is Cc1ccc([N-]c2ccc(C)cc2P(=N)(C(C)C)C(C)C)c(P(C(C)C)C(C)C)c1. The molecule has 2 rings (SSSR count). The van der Waals surface area contributed by atoms with Gasteiger partial charge in [0, 0.05) is 7.05 Å². The van der Waals surface area contributed by atoms with Crippen LogP contribution in [0, 0.1) is 19.0 Å². The van der Waals surface area contributed by atoms with Gasteiger partial charge in [-0.3, -0.25) is 0 Å². The summed E-state index contributed by atoms with van der Waals surface area (Å²) in [6, 6.07) is 13.3. The molecule has 0 radical (unpaired) electrons. The van der Waals surface area contributed by atoms with Crippen LogP contribution in [0.15, 0.2) is 36.4 Å². The maximum Gasteiger partial charge on any atom is 0.0000341 e. The quantitative estimate of drug-likeness (QED) is 0.396. The molecule has 0 bridgehead atoms. The lowest BCUT2D eigenvalue weighted by molar-refractivity contribution is 0.995. The Morgan fingerprint density at radius 1 is 0.733 bits per heavy atom. The highest BCUT2D eigenvalue weighted by Crippen LogP contribution is 2.57. The normalized spacial score (nSPS) is 12.6. The van der Waals surface area contributed by atoms with Gasteiger partial charge in [0.1, 0.15) is 0 Å². The fourth-order valence-electron chi connectivity index (χ4n) is 4.39. The molecular formula is C26H41N2P2-. The van der Waals surface area contributed by atoms with Crippen LogP contribution in [0.4, 0.5) is 11.4 Å². The van der Waals surface area contributed by atoms with Crippen molar-refractivity contribution in [2.24, 2.45) is 0 Å². The zero-order valence-electron chi connectivity index (χ0n) is 20.6. The molecule has 0 spiro atoms. The molecule has 2 aromatic rings. The van der Waals surface area contributed by atoms with E-state index in [1.165, 1.54) is 16.4 Å². The molecule has 0 aromatic heterocycles. The van der Waals surface area contributed by atoms with Crippen molar-refractivity contribution in [1.82, 2.24) is 0 Å². The summed E-state index contributed by atoms with van der Waals surface area (Å²) >= 11 is 0. The summed E-state index contributed by atoms with van der Waals surface area (Å²) in [5.41, 5.74) is 6.47. The summed E-state index contributed by atoms with van der Waals surface area (Å²) in [5, 5.41) is 17.4. The number of aryl methyl sites for hydroxylation is 2. The van der Waals surface area contributed by atoms with Gasteiger partial charge in [0.25, 0.3) is 0 Å². The fraction of sp³-hybridized carbons (Fsp3) is 0.538. The van der Waals surface area contributed by atoms with E-state index >= 15 is 0 Å². The molecule has 0 atom stereocenters. The monoisotopic (exact) mass is 443 g/mol. The third-order valence-electron chi connectivity index (χ3n) is 5.92. The lowest BCUT2D eigenvalue weighted by Gasteiger charge is -2.39. The Balaban J connectivity index is 2.67. The first-order valence-corrected chi connectivity index (χ1v) is 14.7. The van der Waals surface area contributed by atoms with E-state index in [2.05, 4.69) is 106 Å². The van der Waals surface area contributed by atoms with Crippen LogP contribution in [-0.4, -0.2) is 22.6 Å². The highest BCUT2D eigenvalue weighted by atomic mass is 31.2. The van der Waals surface area contributed by atoms with Crippen LogP contribution in [0.25, 0.3) is 5.32 Å². The largest absolute Gasteiger partial charge is 0.657 e. The van der Waals surface area contributed by atoms with Crippen LogP contribution < -0.4 is 10.6 Å². The van der Waals surface area contributed by atoms with E-state index in [1.54, 1.807) is 0 Å². The number of nitrogens with zero attached hydrogens (tertiary/aromatic N) is 1. The maximum atomic E-state index is 9.54. The first-order chi connectivity index (χ1) is 13.9. The summed E-state index contributed by atoms with van der Waals surface area (Å²) in [6.07, 6.45) is 0. The Labute approximate surface area is 186 Å². The predicted molar refractivity (Wildman–Crippen MR) is 141 cm³/mol. The van der Waals surface area contributed by atoms with Crippen LogP contribution in [0.1, 0.15) is 66.5 Å². The Hall–Kier alpha value is -1.10. The molecule has 2 nitrogen and oxygen atoms in total. The van der Waals surface area contributed by atoms with E-state index in [0.717, 1.165) is 16.7 Å². The highest BCUT2D eigenvalue weighted by molar-refractivity contribution is 7.74. The Kier molecular flexibility index (Phi) is 8.40. The molecule has 0 aliphatic heterocycles. The minimum atomic E-state index is -2.09. The standard InChI is InChI=1S/C26H41N2P2/c1-17(2)29(18(3)4)25-15-21(9)11-13-23(25)28-24-14-12-22(10)16-26(24)30(27,19(5)6)20(7)8/h11-20,27H,1-10H3/q-1. The topological polar surface area (TPSA) is 38.0 Å². The average molecular weight is 444 g/mol. The number of hydrogen-bond donors (Lipinski definition) is 1.